The number of H-pyrrole nitrogens is 1. The van der Waals surface area contributed by atoms with Crippen LogP contribution < -0.4 is 5.32 Å². The van der Waals surface area contributed by atoms with E-state index in [9.17, 15) is 4.79 Å². The molecular formula is C20H26ClN3O3. The molecule has 6 nitrogen and oxygen atoms in total. The van der Waals surface area contributed by atoms with Gasteiger partial charge in [-0.3, -0.25) is 14.5 Å². The third kappa shape index (κ3) is 4.12. The van der Waals surface area contributed by atoms with Crippen LogP contribution in [0.25, 0.3) is 10.9 Å². The molecule has 1 aromatic carbocycles. The number of halogens is 1. The molecule has 1 aliphatic heterocycles. The van der Waals surface area contributed by atoms with Crippen LogP contribution in [0.5, 0.6) is 0 Å². The van der Waals surface area contributed by atoms with Gasteiger partial charge in [-0.1, -0.05) is 23.7 Å². The number of aryl methyl sites for hydroxylation is 1. The predicted molar refractivity (Wildman–Crippen MR) is 106 cm³/mol. The summed E-state index contributed by atoms with van der Waals surface area (Å²) in [5.41, 5.74) is 3.56. The first-order chi connectivity index (χ1) is 12.9. The zero-order valence-corrected chi connectivity index (χ0v) is 16.4. The fraction of sp³-hybridized carbons (Fsp3) is 0.500. The maximum Gasteiger partial charge on any atom is 0.290 e. The van der Waals surface area contributed by atoms with Gasteiger partial charge in [0.15, 0.2) is 0 Å². The molecule has 0 radical (unpaired) electrons. The summed E-state index contributed by atoms with van der Waals surface area (Å²) in [4.78, 5) is 25.9. The summed E-state index contributed by atoms with van der Waals surface area (Å²) in [6.07, 6.45) is 3.02. The first-order valence-corrected chi connectivity index (χ1v) is 9.62. The average Bonchev–Trinajstić information content (AvgIpc) is 3.18. The van der Waals surface area contributed by atoms with Crippen LogP contribution in [0.15, 0.2) is 18.2 Å². The zero-order chi connectivity index (χ0) is 19.6. The van der Waals surface area contributed by atoms with Crippen molar-refractivity contribution in [2.45, 2.75) is 38.8 Å². The van der Waals surface area contributed by atoms with E-state index < -0.39 is 0 Å². The van der Waals surface area contributed by atoms with Crippen molar-refractivity contribution in [2.24, 2.45) is 11.8 Å². The van der Waals surface area contributed by atoms with E-state index in [1.54, 1.807) is 0 Å². The van der Waals surface area contributed by atoms with Crippen LogP contribution in [0.4, 0.5) is 0 Å². The third-order valence-electron chi connectivity index (χ3n) is 6.00. The summed E-state index contributed by atoms with van der Waals surface area (Å²) in [7, 11) is 2.20. The molecule has 1 saturated heterocycles. The number of aromatic amines is 1. The van der Waals surface area contributed by atoms with Crippen LogP contribution in [0.3, 0.4) is 0 Å². The van der Waals surface area contributed by atoms with Crippen LogP contribution in [0.2, 0.25) is 5.02 Å². The smallest absolute Gasteiger partial charge is 0.290 e. The highest BCUT2D eigenvalue weighted by molar-refractivity contribution is 6.35. The summed E-state index contributed by atoms with van der Waals surface area (Å²) in [6, 6.07) is 6.61. The quantitative estimate of drug-likeness (QED) is 0.701. The fourth-order valence-electron chi connectivity index (χ4n) is 4.50. The number of benzene rings is 1. The number of carbonyl (C=O) groups excluding carboxylic acids is 1. The normalized spacial score (nSPS) is 24.3. The molecule has 0 spiro atoms. The van der Waals surface area contributed by atoms with Crippen molar-refractivity contribution in [1.82, 2.24) is 15.2 Å². The first kappa shape index (κ1) is 19.7. The van der Waals surface area contributed by atoms with Gasteiger partial charge >= 0.3 is 0 Å². The first-order valence-electron chi connectivity index (χ1n) is 9.25. The van der Waals surface area contributed by atoms with Crippen molar-refractivity contribution >= 4 is 34.9 Å². The lowest BCUT2D eigenvalue weighted by molar-refractivity contribution is -0.124. The van der Waals surface area contributed by atoms with Gasteiger partial charge in [-0.2, -0.15) is 0 Å². The molecule has 3 N–H and O–H groups in total. The number of piperidine rings is 1. The number of amides is 1. The van der Waals surface area contributed by atoms with Gasteiger partial charge < -0.3 is 15.4 Å². The van der Waals surface area contributed by atoms with Crippen molar-refractivity contribution in [3.05, 3.63) is 34.5 Å². The van der Waals surface area contributed by atoms with E-state index in [0.29, 0.717) is 24.3 Å². The van der Waals surface area contributed by atoms with E-state index in [1.165, 1.54) is 23.1 Å². The molecule has 2 aliphatic rings. The van der Waals surface area contributed by atoms with Gasteiger partial charge in [0, 0.05) is 36.6 Å². The number of fused-ring (bicyclic) bond motifs is 2. The number of carbonyl (C=O) groups is 2. The largest absolute Gasteiger partial charge is 0.483 e. The molecule has 1 amide bonds. The van der Waals surface area contributed by atoms with Crippen molar-refractivity contribution in [2.75, 3.05) is 13.6 Å². The average molecular weight is 392 g/mol. The topological polar surface area (TPSA) is 85.4 Å². The molecule has 3 atom stereocenters. The minimum atomic E-state index is -0.250. The number of hydrogen-bond acceptors (Lipinski definition) is 3. The second kappa shape index (κ2) is 8.31. The fourth-order valence-corrected chi connectivity index (χ4v) is 4.72. The van der Waals surface area contributed by atoms with Gasteiger partial charge in [-0.05, 0) is 50.3 Å². The monoisotopic (exact) mass is 391 g/mol. The molecule has 0 unspecified atom stereocenters. The lowest BCUT2D eigenvalue weighted by atomic mass is 9.89. The zero-order valence-electron chi connectivity index (χ0n) is 15.7. The molecule has 1 aliphatic carbocycles. The van der Waals surface area contributed by atoms with Crippen molar-refractivity contribution in [3.8, 4) is 0 Å². The van der Waals surface area contributed by atoms with E-state index in [4.69, 9.17) is 21.5 Å². The molecule has 4 rings (SSSR count). The Labute approximate surface area is 163 Å². The Morgan fingerprint density at radius 1 is 1.33 bits per heavy atom. The molecule has 2 fully saturated rings. The van der Waals surface area contributed by atoms with Crippen LogP contribution >= 0.6 is 11.6 Å². The molecular weight excluding hydrogens is 366 g/mol. The maximum absolute atomic E-state index is 11.6. The standard InChI is InChI=1S/C19H24ClN3O.CH2O2/c1-11-15-4-3-5-16(20)19(15)22-17(11)10-23(2)14-6-12-8-18(24)21-9-13(12)7-14;2-1-3/h3-5,12-14,22H,6-10H2,1-2H3,(H,21,24);1H,(H,2,3)/t12-,13+,14-;/m0./s1. The van der Waals surface area contributed by atoms with E-state index in [2.05, 4.69) is 35.2 Å². The highest BCUT2D eigenvalue weighted by Gasteiger charge is 2.39. The summed E-state index contributed by atoms with van der Waals surface area (Å²) in [5, 5.41) is 11.9. The molecule has 27 heavy (non-hydrogen) atoms. The summed E-state index contributed by atoms with van der Waals surface area (Å²) in [5.74, 6) is 1.43. The molecule has 0 bridgehead atoms. The lowest BCUT2D eigenvalue weighted by Crippen LogP contribution is -2.38. The van der Waals surface area contributed by atoms with Crippen LogP contribution in [-0.4, -0.2) is 47.0 Å². The van der Waals surface area contributed by atoms with Crippen LogP contribution in [0, 0.1) is 18.8 Å². The minimum absolute atomic E-state index is 0.223. The number of rotatable bonds is 3. The van der Waals surface area contributed by atoms with Gasteiger partial charge in [0.1, 0.15) is 0 Å². The minimum Gasteiger partial charge on any atom is -0.483 e. The summed E-state index contributed by atoms with van der Waals surface area (Å²) in [6.45, 7) is 3.66. The summed E-state index contributed by atoms with van der Waals surface area (Å²) >= 11 is 6.32. The third-order valence-corrected chi connectivity index (χ3v) is 6.32. The Hall–Kier alpha value is -2.05. The Bertz CT molecular complexity index is 835. The highest BCUT2D eigenvalue weighted by Crippen LogP contribution is 2.39. The number of nitrogens with zero attached hydrogens (tertiary/aromatic N) is 1. The number of para-hydroxylation sites is 1. The second-order valence-electron chi connectivity index (χ2n) is 7.57. The molecule has 146 valence electrons. The van der Waals surface area contributed by atoms with Gasteiger partial charge in [0.2, 0.25) is 5.91 Å². The maximum atomic E-state index is 11.6. The Morgan fingerprint density at radius 3 is 2.74 bits per heavy atom. The van der Waals surface area contributed by atoms with E-state index in [-0.39, 0.29) is 12.4 Å². The number of hydrogen-bond donors (Lipinski definition) is 3. The van der Waals surface area contributed by atoms with Crippen molar-refractivity contribution in [1.29, 1.82) is 0 Å². The Morgan fingerprint density at radius 2 is 2.04 bits per heavy atom. The van der Waals surface area contributed by atoms with E-state index in [1.807, 2.05) is 12.1 Å². The second-order valence-corrected chi connectivity index (χ2v) is 7.97. The van der Waals surface area contributed by atoms with Gasteiger partial charge in [-0.25, -0.2) is 0 Å². The predicted octanol–water partition coefficient (Wildman–Crippen LogP) is 3.18. The van der Waals surface area contributed by atoms with Crippen molar-refractivity contribution < 1.29 is 14.7 Å². The molecule has 1 aromatic heterocycles. The van der Waals surface area contributed by atoms with Crippen LogP contribution in [0.1, 0.15) is 30.5 Å². The van der Waals surface area contributed by atoms with Gasteiger partial charge in [0.05, 0.1) is 10.5 Å². The summed E-state index contributed by atoms with van der Waals surface area (Å²) < 4.78 is 0. The SMILES string of the molecule is Cc1c(CN(C)[C@H]2C[C@H]3CC(=O)NC[C@H]3C2)[nH]c2c(Cl)cccc12.O=CO. The lowest BCUT2D eigenvalue weighted by Gasteiger charge is -2.24. The number of nitrogens with one attached hydrogen (secondary N) is 2. The van der Waals surface area contributed by atoms with E-state index in [0.717, 1.165) is 30.0 Å². The van der Waals surface area contributed by atoms with Gasteiger partial charge in [0.25, 0.3) is 6.47 Å². The van der Waals surface area contributed by atoms with E-state index >= 15 is 0 Å². The van der Waals surface area contributed by atoms with Crippen molar-refractivity contribution in [3.63, 3.8) is 0 Å². The molecule has 1 saturated carbocycles. The number of carboxylic acid groups (broad SMARTS) is 1. The molecule has 2 aromatic rings. The van der Waals surface area contributed by atoms with Gasteiger partial charge in [-0.15, -0.1) is 0 Å². The molecule has 7 heteroatoms. The Balaban J connectivity index is 0.000000659. The van der Waals surface area contributed by atoms with Crippen LogP contribution in [-0.2, 0) is 16.1 Å². The molecule has 2 heterocycles. The highest BCUT2D eigenvalue weighted by atomic mass is 35.5. The number of aromatic nitrogens is 1. The Kier molecular flexibility index (Phi) is 6.07.